The molecule has 0 saturated carbocycles. The summed E-state index contributed by atoms with van der Waals surface area (Å²) in [5.74, 6) is 0.501. The molecule has 4 nitrogen and oxygen atoms in total. The molecule has 1 N–H and O–H groups in total. The highest BCUT2D eigenvalue weighted by molar-refractivity contribution is 9.11. The summed E-state index contributed by atoms with van der Waals surface area (Å²) in [5, 5.41) is 3.42. The molecule has 0 radical (unpaired) electrons. The summed E-state index contributed by atoms with van der Waals surface area (Å²) >= 11 is 8.44. The lowest BCUT2D eigenvalue weighted by Gasteiger charge is -2.12. The molecule has 0 bridgehead atoms. The molecule has 162 valence electrons. The standard InChI is InChI=1S/C25H20Br2N2O2S/c1-15-8-16(2)10-20(9-15)28-25-29-24(30)22(32-25)12-18-11-19(26)13-21(27)23(18)31-14-17-6-4-3-5-7-17/h3-13H,14H2,1-2H3,(H,28,29,30)/b22-12-. The van der Waals surface area contributed by atoms with E-state index in [1.807, 2.05) is 74.5 Å². The number of rotatable bonds is 5. The van der Waals surface area contributed by atoms with Crippen LogP contribution in [0.2, 0.25) is 0 Å². The van der Waals surface area contributed by atoms with E-state index in [0.29, 0.717) is 22.4 Å². The molecule has 1 saturated heterocycles. The number of hydrogen-bond acceptors (Lipinski definition) is 4. The summed E-state index contributed by atoms with van der Waals surface area (Å²) in [6.07, 6.45) is 1.83. The Bertz CT molecular complexity index is 1220. The number of amides is 1. The van der Waals surface area contributed by atoms with E-state index in [1.165, 1.54) is 11.8 Å². The lowest BCUT2D eigenvalue weighted by molar-refractivity contribution is -0.115. The first-order valence-electron chi connectivity index (χ1n) is 9.91. The molecule has 0 unspecified atom stereocenters. The third-order valence-electron chi connectivity index (χ3n) is 4.64. The Labute approximate surface area is 208 Å². The van der Waals surface area contributed by atoms with Crippen LogP contribution in [-0.2, 0) is 11.4 Å². The zero-order valence-electron chi connectivity index (χ0n) is 17.5. The molecule has 1 fully saturated rings. The van der Waals surface area contributed by atoms with Crippen molar-refractivity contribution in [1.82, 2.24) is 5.32 Å². The van der Waals surface area contributed by atoms with Gasteiger partial charge in [0.1, 0.15) is 12.4 Å². The molecule has 4 rings (SSSR count). The van der Waals surface area contributed by atoms with Gasteiger partial charge in [-0.15, -0.1) is 0 Å². The fourth-order valence-corrected chi connectivity index (χ4v) is 5.53. The van der Waals surface area contributed by atoms with Gasteiger partial charge >= 0.3 is 0 Å². The number of hydrogen-bond donors (Lipinski definition) is 1. The molecule has 0 aliphatic carbocycles. The van der Waals surface area contributed by atoms with Crippen molar-refractivity contribution in [3.05, 3.63) is 96.8 Å². The monoisotopic (exact) mass is 570 g/mol. The Balaban J connectivity index is 1.61. The molecule has 3 aromatic rings. The third-order valence-corrected chi connectivity index (χ3v) is 6.59. The molecular weight excluding hydrogens is 552 g/mol. The van der Waals surface area contributed by atoms with Crippen LogP contribution in [0.3, 0.4) is 0 Å². The molecule has 1 amide bonds. The zero-order chi connectivity index (χ0) is 22.7. The van der Waals surface area contributed by atoms with E-state index in [1.54, 1.807) is 0 Å². The smallest absolute Gasteiger partial charge is 0.264 e. The fraction of sp³-hybridized carbons (Fsp3) is 0.120. The van der Waals surface area contributed by atoms with E-state index in [0.717, 1.165) is 36.9 Å². The van der Waals surface area contributed by atoms with Crippen molar-refractivity contribution in [1.29, 1.82) is 0 Å². The van der Waals surface area contributed by atoms with Crippen LogP contribution in [0.4, 0.5) is 5.69 Å². The Morgan fingerprint density at radius 1 is 1.03 bits per heavy atom. The average Bonchev–Trinajstić information content (AvgIpc) is 3.05. The first kappa shape index (κ1) is 22.8. The Morgan fingerprint density at radius 2 is 1.75 bits per heavy atom. The first-order chi connectivity index (χ1) is 15.4. The van der Waals surface area contributed by atoms with Gasteiger partial charge in [0.15, 0.2) is 5.17 Å². The predicted molar refractivity (Wildman–Crippen MR) is 139 cm³/mol. The first-order valence-corrected chi connectivity index (χ1v) is 12.3. The number of nitrogens with one attached hydrogen (secondary N) is 1. The zero-order valence-corrected chi connectivity index (χ0v) is 21.5. The SMILES string of the molecule is Cc1cc(C)cc(N=C2NC(=O)/C(=C/c3cc(Br)cc(Br)c3OCc3ccccc3)S2)c1. The van der Waals surface area contributed by atoms with Crippen LogP contribution >= 0.6 is 43.6 Å². The number of aliphatic imine (C=N–C) groups is 1. The normalized spacial score (nSPS) is 15.9. The number of amidine groups is 1. The van der Waals surface area contributed by atoms with Gasteiger partial charge in [-0.2, -0.15) is 0 Å². The molecule has 0 atom stereocenters. The number of benzene rings is 3. The second kappa shape index (κ2) is 10.1. The van der Waals surface area contributed by atoms with E-state index < -0.39 is 0 Å². The van der Waals surface area contributed by atoms with Crippen LogP contribution < -0.4 is 10.1 Å². The average molecular weight is 572 g/mol. The maximum Gasteiger partial charge on any atom is 0.264 e. The van der Waals surface area contributed by atoms with Gasteiger partial charge in [0.2, 0.25) is 0 Å². The van der Waals surface area contributed by atoms with Gasteiger partial charge in [0.05, 0.1) is 15.1 Å². The van der Waals surface area contributed by atoms with Crippen molar-refractivity contribution in [2.24, 2.45) is 4.99 Å². The topological polar surface area (TPSA) is 50.7 Å². The van der Waals surface area contributed by atoms with Gasteiger partial charge in [-0.3, -0.25) is 4.79 Å². The maximum atomic E-state index is 12.6. The Morgan fingerprint density at radius 3 is 2.47 bits per heavy atom. The molecule has 1 aliphatic heterocycles. The number of aryl methyl sites for hydroxylation is 2. The van der Waals surface area contributed by atoms with Gasteiger partial charge in [-0.05, 0) is 88.6 Å². The van der Waals surface area contributed by atoms with Crippen molar-refractivity contribution >= 4 is 66.5 Å². The van der Waals surface area contributed by atoms with Crippen LogP contribution in [0.15, 0.2) is 79.5 Å². The number of halogens is 2. The Kier molecular flexibility index (Phi) is 7.18. The highest BCUT2D eigenvalue weighted by atomic mass is 79.9. The van der Waals surface area contributed by atoms with Crippen LogP contribution in [-0.4, -0.2) is 11.1 Å². The van der Waals surface area contributed by atoms with Gasteiger partial charge < -0.3 is 10.1 Å². The molecule has 32 heavy (non-hydrogen) atoms. The number of ether oxygens (including phenoxy) is 1. The van der Waals surface area contributed by atoms with Crippen LogP contribution in [0, 0.1) is 13.8 Å². The van der Waals surface area contributed by atoms with Gasteiger partial charge in [0, 0.05) is 10.0 Å². The molecule has 7 heteroatoms. The number of carbonyl (C=O) groups is 1. The summed E-state index contributed by atoms with van der Waals surface area (Å²) in [6, 6.07) is 19.9. The number of carbonyl (C=O) groups excluding carboxylic acids is 1. The summed E-state index contributed by atoms with van der Waals surface area (Å²) in [7, 11) is 0. The molecule has 0 spiro atoms. The van der Waals surface area contributed by atoms with E-state index in [-0.39, 0.29) is 5.91 Å². The van der Waals surface area contributed by atoms with Crippen molar-refractivity contribution < 1.29 is 9.53 Å². The van der Waals surface area contributed by atoms with Crippen molar-refractivity contribution in [2.45, 2.75) is 20.5 Å². The van der Waals surface area contributed by atoms with Gasteiger partial charge in [-0.25, -0.2) is 4.99 Å². The Hall–Kier alpha value is -2.35. The highest BCUT2D eigenvalue weighted by Crippen LogP contribution is 2.37. The van der Waals surface area contributed by atoms with Crippen molar-refractivity contribution in [3.8, 4) is 5.75 Å². The summed E-state index contributed by atoms with van der Waals surface area (Å²) in [5.41, 5.74) is 4.95. The van der Waals surface area contributed by atoms with E-state index >= 15 is 0 Å². The number of nitrogens with zero attached hydrogens (tertiary/aromatic N) is 1. The number of thioether (sulfide) groups is 1. The van der Waals surface area contributed by atoms with Gasteiger partial charge in [0.25, 0.3) is 5.91 Å². The molecule has 0 aromatic heterocycles. The van der Waals surface area contributed by atoms with Crippen molar-refractivity contribution in [3.63, 3.8) is 0 Å². The summed E-state index contributed by atoms with van der Waals surface area (Å²) in [6.45, 7) is 4.49. The van der Waals surface area contributed by atoms with E-state index in [9.17, 15) is 4.79 Å². The minimum absolute atomic E-state index is 0.178. The lowest BCUT2D eigenvalue weighted by Crippen LogP contribution is -2.19. The highest BCUT2D eigenvalue weighted by Gasteiger charge is 2.25. The second-order valence-electron chi connectivity index (χ2n) is 7.41. The summed E-state index contributed by atoms with van der Waals surface area (Å²) < 4.78 is 7.81. The maximum absolute atomic E-state index is 12.6. The van der Waals surface area contributed by atoms with Crippen LogP contribution in [0.25, 0.3) is 6.08 Å². The largest absolute Gasteiger partial charge is 0.487 e. The third kappa shape index (κ3) is 5.71. The van der Waals surface area contributed by atoms with E-state index in [2.05, 4.69) is 48.2 Å². The van der Waals surface area contributed by atoms with E-state index in [4.69, 9.17) is 4.74 Å². The molecule has 1 aliphatic rings. The molecule has 1 heterocycles. The minimum Gasteiger partial charge on any atom is -0.487 e. The molecule has 3 aromatic carbocycles. The van der Waals surface area contributed by atoms with Crippen molar-refractivity contribution in [2.75, 3.05) is 0 Å². The predicted octanol–water partition coefficient (Wildman–Crippen LogP) is 7.30. The second-order valence-corrected chi connectivity index (χ2v) is 10.2. The lowest BCUT2D eigenvalue weighted by atomic mass is 10.1. The minimum atomic E-state index is -0.178. The van der Waals surface area contributed by atoms with Crippen LogP contribution in [0.1, 0.15) is 22.3 Å². The van der Waals surface area contributed by atoms with Gasteiger partial charge in [-0.1, -0.05) is 52.3 Å². The fourth-order valence-electron chi connectivity index (χ4n) is 3.32. The molecular formula is C25H20Br2N2O2S. The quantitative estimate of drug-likeness (QED) is 0.327. The van der Waals surface area contributed by atoms with Crippen LogP contribution in [0.5, 0.6) is 5.75 Å². The summed E-state index contributed by atoms with van der Waals surface area (Å²) in [4.78, 5) is 17.8.